The number of nitrogens with zero attached hydrogens (tertiary/aromatic N) is 2. The van der Waals surface area contributed by atoms with Gasteiger partial charge in [-0.1, -0.05) is 12.1 Å². The third-order valence-electron chi connectivity index (χ3n) is 2.08. The van der Waals surface area contributed by atoms with Crippen LogP contribution in [0.5, 0.6) is 5.75 Å². The van der Waals surface area contributed by atoms with Crippen LogP contribution in [0.1, 0.15) is 0 Å². The van der Waals surface area contributed by atoms with Crippen LogP contribution < -0.4 is 9.63 Å². The van der Waals surface area contributed by atoms with Gasteiger partial charge in [0.05, 0.1) is 26.1 Å². The van der Waals surface area contributed by atoms with Gasteiger partial charge in [-0.25, -0.2) is 0 Å². The van der Waals surface area contributed by atoms with Crippen LogP contribution in [-0.4, -0.2) is 53.5 Å². The number of hydrogen-bond donors (Lipinski definition) is 2. The average molecular weight is 322 g/mol. The van der Waals surface area contributed by atoms with Crippen molar-refractivity contribution in [3.63, 3.8) is 0 Å². The van der Waals surface area contributed by atoms with Crippen molar-refractivity contribution in [1.29, 1.82) is 0 Å². The Hall–Kier alpha value is -1.51. The lowest BCUT2D eigenvalue weighted by Gasteiger charge is -2.23. The summed E-state index contributed by atoms with van der Waals surface area (Å²) in [5.41, 5.74) is 0.0175. The van der Waals surface area contributed by atoms with Crippen molar-refractivity contribution in [1.82, 2.24) is 0 Å². The topological polar surface area (TPSA) is 133 Å². The van der Waals surface area contributed by atoms with Crippen LogP contribution in [0.15, 0.2) is 24.3 Å². The molecule has 0 saturated carbocycles. The van der Waals surface area contributed by atoms with Gasteiger partial charge in [-0.2, -0.15) is 0 Å². The minimum Gasteiger partial charge on any atom is -0.756 e. The number of para-hydroxylation sites is 2. The summed E-state index contributed by atoms with van der Waals surface area (Å²) in [6, 6.07) is 6.42. The second kappa shape index (κ2) is 8.06. The maximum Gasteiger partial charge on any atom is 0.310 e. The summed E-state index contributed by atoms with van der Waals surface area (Å²) >= 11 is 0. The molecule has 0 aliphatic heterocycles. The van der Waals surface area contributed by atoms with Crippen molar-refractivity contribution in [2.75, 3.05) is 34.3 Å². The monoisotopic (exact) mass is 322 g/mol. The molecule has 1 aromatic carbocycles. The maximum absolute atomic E-state index is 10.7. The number of quaternary nitrogens is 1. The predicted molar refractivity (Wildman–Crippen MR) is 73.5 cm³/mol. The van der Waals surface area contributed by atoms with E-state index in [1.807, 2.05) is 21.1 Å². The Morgan fingerprint density at radius 1 is 1.29 bits per heavy atom. The minimum atomic E-state index is -4.89. The first-order chi connectivity index (χ1) is 9.40. The van der Waals surface area contributed by atoms with E-state index < -0.39 is 12.7 Å². The number of hydrogen-bond acceptors (Lipinski definition) is 5. The number of phosphoric acid groups is 1. The first-order valence-electron chi connectivity index (χ1n) is 5.83. The van der Waals surface area contributed by atoms with Gasteiger partial charge in [0.1, 0.15) is 13.2 Å². The van der Waals surface area contributed by atoms with Gasteiger partial charge >= 0.3 is 5.69 Å². The van der Waals surface area contributed by atoms with E-state index in [0.717, 1.165) is 11.0 Å². The SMILES string of the molecule is C[N+](C)(C)CCOc1ccccc1[N+](=O)[O-].O=P([O-])(O)O. The van der Waals surface area contributed by atoms with E-state index >= 15 is 0 Å². The highest BCUT2D eigenvalue weighted by Crippen LogP contribution is 2.25. The summed E-state index contributed by atoms with van der Waals surface area (Å²) in [6.45, 7) is 1.26. The van der Waals surface area contributed by atoms with E-state index in [4.69, 9.17) is 24.0 Å². The molecule has 0 atom stereocenters. The summed E-state index contributed by atoms with van der Waals surface area (Å²) in [6.07, 6.45) is 0. The molecule has 2 N–H and O–H groups in total. The van der Waals surface area contributed by atoms with Gasteiger partial charge in [-0.05, 0) is 6.07 Å². The fraction of sp³-hybridized carbons (Fsp3) is 0.455. The standard InChI is InChI=1S/C11H17N2O3.H3O4P/c1-13(2,3)8-9-16-11-7-5-4-6-10(11)12(14)15;1-5(2,3)4/h4-7H,8-9H2,1-3H3;(H3,1,2,3,4)/q+1;/p-1. The van der Waals surface area contributed by atoms with E-state index in [2.05, 4.69) is 0 Å². The van der Waals surface area contributed by atoms with E-state index in [1.54, 1.807) is 18.2 Å². The molecule has 0 aromatic heterocycles. The Morgan fingerprint density at radius 3 is 2.19 bits per heavy atom. The molecule has 1 aromatic rings. The largest absolute Gasteiger partial charge is 0.756 e. The van der Waals surface area contributed by atoms with Gasteiger partial charge in [0.25, 0.3) is 7.82 Å². The smallest absolute Gasteiger partial charge is 0.310 e. The van der Waals surface area contributed by atoms with Gasteiger partial charge in [-0.3, -0.25) is 14.7 Å². The zero-order valence-corrected chi connectivity index (χ0v) is 12.9. The number of nitro groups is 1. The normalized spacial score (nSPS) is 11.3. The Labute approximate surface area is 122 Å². The van der Waals surface area contributed by atoms with Gasteiger partial charge in [0.2, 0.25) is 0 Å². The van der Waals surface area contributed by atoms with Crippen molar-refractivity contribution < 1.29 is 33.4 Å². The summed E-state index contributed by atoms with van der Waals surface area (Å²) in [7, 11) is 1.24. The predicted octanol–water partition coefficient (Wildman–Crippen LogP) is 0.119. The molecule has 1 rings (SSSR count). The van der Waals surface area contributed by atoms with Gasteiger partial charge < -0.3 is 23.9 Å². The van der Waals surface area contributed by atoms with Crippen molar-refractivity contribution in [3.05, 3.63) is 34.4 Å². The molecule has 0 spiro atoms. The molecule has 0 bridgehead atoms. The fourth-order valence-electron chi connectivity index (χ4n) is 1.16. The summed E-state index contributed by atoms with van der Waals surface area (Å²) < 4.78 is 15.0. The van der Waals surface area contributed by atoms with Crippen molar-refractivity contribution in [2.45, 2.75) is 0 Å². The van der Waals surface area contributed by atoms with Crippen molar-refractivity contribution in [2.24, 2.45) is 0 Å². The van der Waals surface area contributed by atoms with E-state index in [-0.39, 0.29) is 5.69 Å². The van der Waals surface area contributed by atoms with Crippen LogP contribution in [0.3, 0.4) is 0 Å². The lowest BCUT2D eigenvalue weighted by Crippen LogP contribution is -2.38. The molecule has 10 heteroatoms. The number of nitro benzene ring substituents is 1. The van der Waals surface area contributed by atoms with Gasteiger partial charge in [0, 0.05) is 6.07 Å². The van der Waals surface area contributed by atoms with Gasteiger partial charge in [-0.15, -0.1) is 0 Å². The van der Waals surface area contributed by atoms with E-state index in [0.29, 0.717) is 12.4 Å². The zero-order chi connectivity index (χ0) is 16.7. The second-order valence-electron chi connectivity index (χ2n) is 5.08. The Morgan fingerprint density at radius 2 is 1.76 bits per heavy atom. The fourth-order valence-corrected chi connectivity index (χ4v) is 1.16. The Balaban J connectivity index is 0.000000690. The molecule has 0 unspecified atom stereocenters. The van der Waals surface area contributed by atoms with E-state index in [9.17, 15) is 10.1 Å². The summed E-state index contributed by atoms with van der Waals surface area (Å²) in [5, 5.41) is 10.7. The number of benzene rings is 1. The maximum atomic E-state index is 10.7. The van der Waals surface area contributed by atoms with Crippen LogP contribution in [0.4, 0.5) is 5.69 Å². The van der Waals surface area contributed by atoms with Crippen molar-refractivity contribution in [3.8, 4) is 5.75 Å². The third kappa shape index (κ3) is 12.0. The molecule has 0 aliphatic rings. The highest BCUT2D eigenvalue weighted by Gasteiger charge is 2.14. The number of rotatable bonds is 5. The van der Waals surface area contributed by atoms with Crippen LogP contribution in [-0.2, 0) is 4.57 Å². The minimum absolute atomic E-state index is 0.0175. The molecule has 0 heterocycles. The molecule has 9 nitrogen and oxygen atoms in total. The van der Waals surface area contributed by atoms with Crippen LogP contribution in [0.25, 0.3) is 0 Å². The molecule has 0 saturated heterocycles. The molecule has 0 fully saturated rings. The van der Waals surface area contributed by atoms with Crippen molar-refractivity contribution >= 4 is 13.5 Å². The zero-order valence-electron chi connectivity index (χ0n) is 12.0. The molecule has 120 valence electrons. The van der Waals surface area contributed by atoms with Crippen LogP contribution in [0, 0.1) is 10.1 Å². The van der Waals surface area contributed by atoms with E-state index in [1.165, 1.54) is 6.07 Å². The molecular formula is C11H19N2O7P. The third-order valence-corrected chi connectivity index (χ3v) is 2.08. The molecule has 0 aliphatic carbocycles. The lowest BCUT2D eigenvalue weighted by atomic mass is 10.3. The average Bonchev–Trinajstić information content (AvgIpc) is 2.25. The highest BCUT2D eigenvalue weighted by molar-refractivity contribution is 7.43. The number of likely N-dealkylation sites (N-methyl/N-ethyl adjacent to an activating group) is 1. The molecule has 0 radical (unpaired) electrons. The first kappa shape index (κ1) is 19.5. The second-order valence-corrected chi connectivity index (χ2v) is 6.06. The Bertz CT molecular complexity index is 501. The Kier molecular flexibility index (Phi) is 7.48. The van der Waals surface area contributed by atoms with Gasteiger partial charge in [0.15, 0.2) is 5.75 Å². The van der Waals surface area contributed by atoms with Crippen LogP contribution in [0.2, 0.25) is 0 Å². The molecular weight excluding hydrogens is 303 g/mol. The lowest BCUT2D eigenvalue weighted by molar-refractivity contribution is -0.870. The number of ether oxygens (including phenoxy) is 1. The molecule has 0 amide bonds. The quantitative estimate of drug-likeness (QED) is 0.340. The first-order valence-corrected chi connectivity index (χ1v) is 7.36. The van der Waals surface area contributed by atoms with Crippen LogP contribution >= 0.6 is 7.82 Å². The summed E-state index contributed by atoms with van der Waals surface area (Å²) in [4.78, 5) is 33.2. The summed E-state index contributed by atoms with van der Waals surface area (Å²) in [5.74, 6) is 0.334. The molecule has 21 heavy (non-hydrogen) atoms. The highest BCUT2D eigenvalue weighted by atomic mass is 31.2.